The van der Waals surface area contributed by atoms with Crippen molar-refractivity contribution in [3.63, 3.8) is 0 Å². The molecule has 0 saturated carbocycles. The summed E-state index contributed by atoms with van der Waals surface area (Å²) in [5.74, 6) is 0.472. The van der Waals surface area contributed by atoms with Crippen molar-refractivity contribution < 1.29 is 85.2 Å². The van der Waals surface area contributed by atoms with Crippen molar-refractivity contribution in [2.75, 3.05) is 0 Å². The molecule has 0 aliphatic heterocycles. The fraction of sp³-hybridized carbons (Fsp3) is 0.0562. The second-order valence-corrected chi connectivity index (χ2v) is 26.0. The topological polar surface area (TPSA) is 35.9 Å². The minimum absolute atomic E-state index is 0. The first-order valence-electron chi connectivity index (χ1n) is 49.2. The van der Waals surface area contributed by atoms with E-state index in [-0.39, 0.29) is 60.3 Å². The molecule has 0 spiro atoms. The van der Waals surface area contributed by atoms with Gasteiger partial charge in [-0.25, -0.2) is 4.98 Å². The number of ether oxygens (including phenoxy) is 1. The number of aryl methyl sites for hydroxylation is 1. The van der Waals surface area contributed by atoms with Crippen molar-refractivity contribution >= 4 is 61.7 Å². The number of fused-ring (bicyclic) bond motifs is 4. The first kappa shape index (κ1) is 31.0. The van der Waals surface area contributed by atoms with Gasteiger partial charge in [-0.3, -0.25) is 4.57 Å². The number of aromatic nitrogens is 4. The van der Waals surface area contributed by atoms with Gasteiger partial charge >= 0.3 is 0 Å². The van der Waals surface area contributed by atoms with Crippen LogP contribution in [-0.2, 0) is 26.5 Å². The first-order chi connectivity index (χ1) is 63.2. The van der Waals surface area contributed by atoms with Crippen LogP contribution in [0.5, 0.6) is 11.5 Å². The second-order valence-electron chi connectivity index (χ2n) is 22.5. The molecule has 3 aromatic heterocycles. The van der Waals surface area contributed by atoms with Crippen molar-refractivity contribution in [2.45, 2.75) is 33.0 Å². The predicted octanol–water partition coefficient (Wildman–Crippen LogP) is 18.9. The summed E-state index contributed by atoms with van der Waals surface area (Å²) in [6, 6.07) is -14.4. The molecule has 0 saturated heterocycles. The Bertz CT molecular complexity index is 7540. The van der Waals surface area contributed by atoms with Gasteiger partial charge in [-0.05, 0) is 148 Å². The van der Waals surface area contributed by atoms with E-state index < -0.39 is 321 Å². The van der Waals surface area contributed by atoms with Crippen molar-refractivity contribution in [1.82, 2.24) is 14.1 Å². The van der Waals surface area contributed by atoms with Crippen LogP contribution in [0.1, 0.15) is 86.7 Å². The Balaban J connectivity index is 0.0000141. The van der Waals surface area contributed by atoms with Gasteiger partial charge in [0, 0.05) is 48.4 Å². The summed E-state index contributed by atoms with van der Waals surface area (Å²) in [5.41, 5.74) is -10.2. The largest absolute Gasteiger partial charge is 0.510 e. The second kappa shape index (κ2) is 25.7. The Hall–Kier alpha value is -11.0. The molecule has 0 fully saturated rings. The van der Waals surface area contributed by atoms with Gasteiger partial charge in [-0.2, -0.15) is 18.2 Å². The predicted molar refractivity (Wildman–Crippen MR) is 394 cm³/mol. The van der Waals surface area contributed by atoms with E-state index in [1.807, 2.05) is 61.7 Å². The zero-order valence-corrected chi connectivity index (χ0v) is 53.6. The number of nitrogens with zero attached hydrogens (tertiary/aromatic N) is 4. The molecule has 16 rings (SSSR count). The molecule has 0 bridgehead atoms. The minimum atomic E-state index is -6.88. The third-order valence-corrected chi connectivity index (χ3v) is 19.8. The number of pyridine rings is 1. The third kappa shape index (κ3) is 11.3. The Morgan fingerprint density at radius 3 is 1.64 bits per heavy atom. The summed E-state index contributed by atoms with van der Waals surface area (Å²) in [4.78, 5) is 4.79. The summed E-state index contributed by atoms with van der Waals surface area (Å²) < 4.78 is 393. The molecule has 0 N–H and O–H groups in total. The Labute approximate surface area is 633 Å². The first-order valence-corrected chi connectivity index (χ1v) is 31.2. The van der Waals surface area contributed by atoms with E-state index >= 15 is 0 Å². The van der Waals surface area contributed by atoms with E-state index in [1.54, 1.807) is 18.3 Å². The van der Waals surface area contributed by atoms with Crippen LogP contribution in [0.3, 0.4) is 0 Å². The normalized spacial score (nSPS) is 17.7. The van der Waals surface area contributed by atoms with Crippen LogP contribution in [0.4, 0.5) is 0 Å². The maximum atomic E-state index is 11.3. The van der Waals surface area contributed by atoms with Crippen LogP contribution in [0.15, 0.2) is 327 Å². The van der Waals surface area contributed by atoms with E-state index in [0.717, 1.165) is 32.5 Å². The van der Waals surface area contributed by atoms with Crippen LogP contribution in [0, 0.1) is 25.3 Å². The van der Waals surface area contributed by atoms with Crippen molar-refractivity contribution in [2.24, 2.45) is 0 Å². The number of para-hydroxylation sites is 1. The molecule has 0 aliphatic rings. The Kier molecular flexibility index (Phi) is 8.31. The summed E-state index contributed by atoms with van der Waals surface area (Å²) >= 11 is 0. The molecular weight excluding hydrogens is 1360 g/mol. The molecule has 0 unspecified atom stereocenters. The van der Waals surface area contributed by atoms with Crippen LogP contribution in [0.25, 0.3) is 106 Å². The third-order valence-electron chi connectivity index (χ3n) is 15.8. The number of rotatable bonds is 14. The molecule has 0 atom stereocenters. The van der Waals surface area contributed by atoms with Gasteiger partial charge in [0.2, 0.25) is 0 Å². The van der Waals surface area contributed by atoms with Crippen molar-refractivity contribution in [3.05, 3.63) is 356 Å². The van der Waals surface area contributed by atoms with Crippen molar-refractivity contribution in [1.29, 1.82) is 0 Å². The average Bonchev–Trinajstić information content (AvgIpc) is 0.752. The monoisotopic (exact) mass is 1470 g/mol. The molecule has 5 nitrogen and oxygen atoms in total. The minimum Gasteiger partial charge on any atom is -0.510 e. The SMILES string of the molecule is [2H]c1c([2H])c([2H])c(-c2ccc3c(c2)n(-c2[c-]c(Oc4[c-]c5c(cc4)c4ccccc4n5-c4cc(C(C)(C)C)ccn4)ccc2)[c-][n+]3-c2c(-c3c([2H])c(-c4c([2H])c([2H])c([2H])c([2H])c4[2H])c([2H])c(-c4c([2H])c([2H])c([2H])c([2H])c4[2H])c3[2H])cc(C([2H])([2H])[2H])cc2-c2c([2H])c([2H])c([2H])c([Si](c3c([2H])c([2H])c([2H])c([2H])c3[2H])(c3c([2H])c([2H])c([2H])c([2H])c3[2H])c3c([2H])c([2H])c([2H])c([2H])c3[2H])c2[2H])c([2H])c1[2H].[Pt]. The van der Waals surface area contributed by atoms with E-state index in [0.29, 0.717) is 17.4 Å². The summed E-state index contributed by atoms with van der Waals surface area (Å²) in [6.45, 7) is 2.46. The van der Waals surface area contributed by atoms with Gasteiger partial charge in [-0.15, -0.1) is 29.7 Å². The summed E-state index contributed by atoms with van der Waals surface area (Å²) in [6.07, 6.45) is 4.85. The van der Waals surface area contributed by atoms with Gasteiger partial charge in [0.05, 0.1) is 67.4 Å². The molecule has 464 valence electrons. The maximum absolute atomic E-state index is 11.3. The summed E-state index contributed by atoms with van der Waals surface area (Å²) in [5, 5.41) is -3.81. The van der Waals surface area contributed by atoms with Crippen LogP contribution >= 0.6 is 0 Å². The molecular formula is C89H66N4OPtSi-2. The Morgan fingerprint density at radius 1 is 0.469 bits per heavy atom. The van der Waals surface area contributed by atoms with Gasteiger partial charge in [0.1, 0.15) is 5.82 Å². The molecule has 3 heterocycles. The fourth-order valence-electron chi connectivity index (χ4n) is 11.5. The molecule has 7 heteroatoms. The van der Waals surface area contributed by atoms with Gasteiger partial charge in [0.15, 0.2) is 8.07 Å². The average molecular weight is 1470 g/mol. The molecule has 16 aromatic rings. The van der Waals surface area contributed by atoms with Crippen molar-refractivity contribution in [3.8, 4) is 84.3 Å². The van der Waals surface area contributed by atoms with Crippen LogP contribution in [-0.4, -0.2) is 22.2 Å². The standard InChI is InChI=1S/C89H66N4OSi.Pt/c1-62-51-81(67-33-25-42-78(56-67)95(75-36-17-8-18-37-75,76-38-19-9-20-39-76)77-40-21-10-22-41-77)88(82(52-62)70-54-68(64-29-13-6-14-30-64)53-69(55-70)65-31-15-7-16-32-65)92-61-91(86-57-66(45-48-84(86)92)63-27-11-5-12-28-63)72-34-26-35-73(59-72)94-74-46-47-80-79-43-23-24-44-83(79)93(85(80)60-74)87-58-71(49-50-90-87)89(2,3)4;/h5-58H,1-4H3;/q-2;/i1D3,5D,6D,7D,8D,9D,10D,11D,12D,13D,14D,15D,16D,17D,18D,19D,20D,21D,22D,25D,27D,28D,29D,30D,31D,32D,33D,36D,37D,38D,39D,40D,41D,42D,53D,54D,55D,56D;. The number of imidazole rings is 1. The number of benzene rings is 13. The zero-order chi connectivity index (χ0) is 98.7. The molecule has 0 amide bonds. The van der Waals surface area contributed by atoms with E-state index in [2.05, 4.69) is 18.5 Å². The van der Waals surface area contributed by atoms with Crippen LogP contribution < -0.4 is 30.1 Å². The maximum Gasteiger partial charge on any atom is 0.268 e. The van der Waals surface area contributed by atoms with Gasteiger partial charge in [-0.1, -0.05) is 280 Å². The fourth-order valence-corrected chi connectivity index (χ4v) is 15.1. The number of hydrogen-bond acceptors (Lipinski definition) is 2. The summed E-state index contributed by atoms with van der Waals surface area (Å²) in [7, 11) is -6.88. The molecule has 96 heavy (non-hydrogen) atoms. The van der Waals surface area contributed by atoms with Gasteiger partial charge in [0.25, 0.3) is 6.33 Å². The quantitative estimate of drug-likeness (QED) is 0.0471. The van der Waals surface area contributed by atoms with E-state index in [9.17, 15) is 38.4 Å². The number of hydrogen-bond donors (Lipinski definition) is 0. The van der Waals surface area contributed by atoms with Crippen LogP contribution in [0.2, 0.25) is 0 Å². The molecule has 0 radical (unpaired) electrons. The van der Waals surface area contributed by atoms with E-state index in [4.69, 9.17) is 26.2 Å². The zero-order valence-electron chi connectivity index (χ0n) is 90.3. The smallest absolute Gasteiger partial charge is 0.268 e. The van der Waals surface area contributed by atoms with E-state index in [1.165, 1.54) is 41.0 Å². The Morgan fingerprint density at radius 2 is 1.02 bits per heavy atom. The molecule has 0 aliphatic carbocycles. The molecule has 13 aromatic carbocycles. The van der Waals surface area contributed by atoms with Gasteiger partial charge < -0.3 is 13.9 Å².